The first-order valence-electron chi connectivity index (χ1n) is 10.1. The number of halogens is 2. The summed E-state index contributed by atoms with van der Waals surface area (Å²) in [5, 5.41) is 25.6. The van der Waals surface area contributed by atoms with Gasteiger partial charge < -0.3 is 34.6 Å². The Labute approximate surface area is 199 Å². The molecule has 0 radical (unpaired) electrons. The Hall–Kier alpha value is -1.75. The van der Waals surface area contributed by atoms with Gasteiger partial charge in [-0.15, -0.1) is 0 Å². The number of aliphatic hydroxyl groups excluding tert-OH is 2. The predicted octanol–water partition coefficient (Wildman–Crippen LogP) is 2.78. The van der Waals surface area contributed by atoms with E-state index in [1.165, 1.54) is 0 Å². The number of aromatic nitrogens is 3. The molecule has 13 heteroatoms. The van der Waals surface area contributed by atoms with E-state index in [-0.39, 0.29) is 11.9 Å². The number of aliphatic hydroxyl groups is 2. The molecule has 2 heterocycles. The second-order valence-corrected chi connectivity index (χ2v) is 10.3. The van der Waals surface area contributed by atoms with Gasteiger partial charge in [-0.2, -0.15) is 4.98 Å². The van der Waals surface area contributed by atoms with Gasteiger partial charge in [0, 0.05) is 23.7 Å². The molecule has 0 unspecified atom stereocenters. The van der Waals surface area contributed by atoms with E-state index in [9.17, 15) is 14.8 Å². The topological polar surface area (TPSA) is 150 Å². The van der Waals surface area contributed by atoms with Crippen LogP contribution in [0.3, 0.4) is 0 Å². The minimum Gasteiger partial charge on any atom is -0.390 e. The molecule has 0 spiro atoms. The largest absolute Gasteiger partial charge is 0.390 e. The zero-order valence-corrected chi connectivity index (χ0v) is 19.7. The molecule has 4 atom stereocenters. The number of hydrogen-bond donors (Lipinski definition) is 5. The molecule has 1 saturated carbocycles. The van der Waals surface area contributed by atoms with Gasteiger partial charge in [0.2, 0.25) is 5.28 Å². The summed E-state index contributed by atoms with van der Waals surface area (Å²) in [6, 6.07) is 8.67. The molecule has 5 N–H and O–H groups in total. The second kappa shape index (κ2) is 9.85. The number of ether oxygens (including phenoxy) is 1. The van der Waals surface area contributed by atoms with Crippen LogP contribution in [0.4, 0.5) is 5.82 Å². The lowest BCUT2D eigenvalue weighted by Crippen LogP contribution is -2.30. The van der Waals surface area contributed by atoms with Crippen LogP contribution in [0.1, 0.15) is 18.0 Å². The van der Waals surface area contributed by atoms with E-state index >= 15 is 0 Å². The molecule has 3 aromatic rings. The Morgan fingerprint density at radius 1 is 1.15 bits per heavy atom. The van der Waals surface area contributed by atoms with Crippen LogP contribution < -0.4 is 5.32 Å². The maximum Gasteiger partial charge on any atom is 0.350 e. The quantitative estimate of drug-likeness (QED) is 0.225. The maximum atomic E-state index is 11.0. The fourth-order valence-corrected chi connectivity index (χ4v) is 4.80. The Kier molecular flexibility index (Phi) is 7.28. The van der Waals surface area contributed by atoms with Crippen LogP contribution in [0.15, 0.2) is 36.5 Å². The SMILES string of the molecule is O=P(O)(O)COC[C@H]1C[C@@H](n2ccc3c(NCc4ccccc4Cl)nc(Cl)nc32)[C@H](O)[C@H]1O. The Bertz CT molecular complexity index is 1190. The zero-order valence-electron chi connectivity index (χ0n) is 17.3. The molecule has 0 aliphatic heterocycles. The monoisotopic (exact) mass is 516 g/mol. The Morgan fingerprint density at radius 3 is 2.64 bits per heavy atom. The highest BCUT2D eigenvalue weighted by atomic mass is 35.5. The number of nitrogens with zero attached hydrogens (tertiary/aromatic N) is 3. The van der Waals surface area contributed by atoms with Crippen LogP contribution in [0.2, 0.25) is 10.3 Å². The number of hydrogen-bond acceptors (Lipinski definition) is 7. The molecule has 1 aliphatic rings. The summed E-state index contributed by atoms with van der Waals surface area (Å²) in [5.41, 5.74) is 1.36. The lowest BCUT2D eigenvalue weighted by molar-refractivity contribution is -0.0117. The van der Waals surface area contributed by atoms with Gasteiger partial charge in [-0.3, -0.25) is 4.57 Å². The highest BCUT2D eigenvalue weighted by Crippen LogP contribution is 2.40. The van der Waals surface area contributed by atoms with Crippen molar-refractivity contribution >= 4 is 47.6 Å². The molecule has 0 saturated heterocycles. The van der Waals surface area contributed by atoms with Crippen LogP contribution in [-0.4, -0.2) is 59.7 Å². The molecule has 33 heavy (non-hydrogen) atoms. The first kappa shape index (κ1) is 24.4. The first-order valence-corrected chi connectivity index (χ1v) is 12.7. The van der Waals surface area contributed by atoms with Crippen molar-refractivity contribution in [1.29, 1.82) is 0 Å². The van der Waals surface area contributed by atoms with Crippen molar-refractivity contribution in [3.05, 3.63) is 52.4 Å². The summed E-state index contributed by atoms with van der Waals surface area (Å²) in [4.78, 5) is 26.5. The van der Waals surface area contributed by atoms with E-state index in [1.54, 1.807) is 22.9 Å². The van der Waals surface area contributed by atoms with Gasteiger partial charge in [-0.05, 0) is 35.7 Å². The molecular weight excluding hydrogens is 494 g/mol. The van der Waals surface area contributed by atoms with Gasteiger partial charge in [0.1, 0.15) is 23.9 Å². The minimum absolute atomic E-state index is 0.0127. The van der Waals surface area contributed by atoms with Crippen LogP contribution in [0.5, 0.6) is 0 Å². The number of nitrogens with one attached hydrogen (secondary N) is 1. The third-order valence-corrected chi connectivity index (χ3v) is 6.73. The summed E-state index contributed by atoms with van der Waals surface area (Å²) >= 11 is 12.4. The van der Waals surface area contributed by atoms with E-state index in [0.29, 0.717) is 34.8 Å². The van der Waals surface area contributed by atoms with Gasteiger partial charge >= 0.3 is 7.60 Å². The number of anilines is 1. The van der Waals surface area contributed by atoms with Crippen molar-refractivity contribution in [1.82, 2.24) is 14.5 Å². The molecular formula is C20H23Cl2N4O6P. The molecule has 1 aromatic carbocycles. The Morgan fingerprint density at radius 2 is 1.91 bits per heavy atom. The average Bonchev–Trinajstić information content (AvgIpc) is 3.28. The van der Waals surface area contributed by atoms with Crippen molar-refractivity contribution < 1.29 is 29.3 Å². The van der Waals surface area contributed by atoms with Crippen LogP contribution in [0.25, 0.3) is 11.0 Å². The van der Waals surface area contributed by atoms with E-state index in [2.05, 4.69) is 15.3 Å². The standard InChI is InChI=1S/C20H23Cl2N4O6P/c21-14-4-2-1-3-11(14)8-23-18-13-5-6-26(19(13)25-20(22)24-18)15-7-12(16(27)17(15)28)9-32-10-33(29,30)31/h1-6,12,15-17,27-28H,7-10H2,(H,23,24,25)(H2,29,30,31)/t12-,15-,16+,17+/m1/s1. The van der Waals surface area contributed by atoms with E-state index in [0.717, 1.165) is 5.56 Å². The van der Waals surface area contributed by atoms with Crippen molar-refractivity contribution in [2.75, 3.05) is 18.3 Å². The number of rotatable bonds is 8. The molecule has 10 nitrogen and oxygen atoms in total. The highest BCUT2D eigenvalue weighted by Gasteiger charge is 2.43. The molecule has 2 aromatic heterocycles. The summed E-state index contributed by atoms with van der Waals surface area (Å²) in [6.45, 7) is 0.316. The van der Waals surface area contributed by atoms with Crippen molar-refractivity contribution in [2.45, 2.75) is 31.2 Å². The van der Waals surface area contributed by atoms with Crippen LogP contribution in [0, 0.1) is 5.92 Å². The van der Waals surface area contributed by atoms with Crippen LogP contribution in [-0.2, 0) is 15.8 Å². The molecule has 4 rings (SSSR count). The fourth-order valence-electron chi connectivity index (χ4n) is 4.09. The number of benzene rings is 1. The average molecular weight is 517 g/mol. The van der Waals surface area contributed by atoms with Gasteiger partial charge in [-0.1, -0.05) is 29.8 Å². The van der Waals surface area contributed by atoms with Gasteiger partial charge in [0.15, 0.2) is 0 Å². The normalized spacial score (nSPS) is 23.3. The summed E-state index contributed by atoms with van der Waals surface area (Å²) in [6.07, 6.45) is -0.947. The smallest absolute Gasteiger partial charge is 0.350 e. The van der Waals surface area contributed by atoms with E-state index < -0.39 is 38.1 Å². The summed E-state index contributed by atoms with van der Waals surface area (Å²) in [7, 11) is -4.32. The van der Waals surface area contributed by atoms with Gasteiger partial charge in [0.05, 0.1) is 24.1 Å². The third-order valence-electron chi connectivity index (χ3n) is 5.67. The Balaban J connectivity index is 1.55. The zero-order chi connectivity index (χ0) is 23.8. The van der Waals surface area contributed by atoms with E-state index in [4.69, 9.17) is 37.7 Å². The van der Waals surface area contributed by atoms with Crippen molar-refractivity contribution in [3.63, 3.8) is 0 Å². The first-order chi connectivity index (χ1) is 15.6. The fraction of sp³-hybridized carbons (Fsp3) is 0.400. The summed E-state index contributed by atoms with van der Waals surface area (Å²) in [5.74, 6) is -0.0117. The van der Waals surface area contributed by atoms with Crippen molar-refractivity contribution in [3.8, 4) is 0 Å². The van der Waals surface area contributed by atoms with E-state index in [1.807, 2.05) is 18.2 Å². The highest BCUT2D eigenvalue weighted by molar-refractivity contribution is 7.51. The molecule has 1 aliphatic carbocycles. The van der Waals surface area contributed by atoms with Gasteiger partial charge in [-0.25, -0.2) is 4.98 Å². The summed E-state index contributed by atoms with van der Waals surface area (Å²) < 4.78 is 17.8. The molecule has 0 amide bonds. The molecule has 1 fully saturated rings. The predicted molar refractivity (Wildman–Crippen MR) is 123 cm³/mol. The molecule has 0 bridgehead atoms. The lowest BCUT2D eigenvalue weighted by atomic mass is 10.1. The third kappa shape index (κ3) is 5.50. The van der Waals surface area contributed by atoms with Crippen molar-refractivity contribution in [2.24, 2.45) is 5.92 Å². The second-order valence-electron chi connectivity index (χ2n) is 7.96. The lowest BCUT2D eigenvalue weighted by Gasteiger charge is -2.19. The maximum absolute atomic E-state index is 11.0. The number of fused-ring (bicyclic) bond motifs is 1. The molecule has 178 valence electrons. The minimum atomic E-state index is -4.32. The van der Waals surface area contributed by atoms with Crippen LogP contribution >= 0.6 is 30.8 Å². The van der Waals surface area contributed by atoms with Gasteiger partial charge in [0.25, 0.3) is 0 Å².